The molecule has 2 atom stereocenters. The fourth-order valence-electron chi connectivity index (χ4n) is 3.23. The summed E-state index contributed by atoms with van der Waals surface area (Å²) in [6.45, 7) is 3.06. The van der Waals surface area contributed by atoms with Gasteiger partial charge in [-0.25, -0.2) is 4.39 Å². The van der Waals surface area contributed by atoms with Crippen LogP contribution in [0.5, 0.6) is 0 Å². The SMILES string of the molecule is CCC(c1ccc(F)cn1)N1CCCCC1CCC(=O)O. The van der Waals surface area contributed by atoms with Crippen LogP contribution in [0.4, 0.5) is 4.39 Å². The molecule has 2 heterocycles. The highest BCUT2D eigenvalue weighted by molar-refractivity contribution is 5.66. The van der Waals surface area contributed by atoms with Gasteiger partial charge >= 0.3 is 5.97 Å². The first-order valence-corrected chi connectivity index (χ1v) is 7.70. The Bertz CT molecular complexity index is 464. The average molecular weight is 294 g/mol. The maximum absolute atomic E-state index is 13.0. The Morgan fingerprint density at radius 3 is 2.95 bits per heavy atom. The standard InChI is InChI=1S/C16H23FN2O2/c1-2-15(14-8-6-12(17)11-18-14)19-10-4-3-5-13(19)7-9-16(20)21/h6,8,11,13,15H,2-5,7,9-10H2,1H3,(H,20,21). The van der Waals surface area contributed by atoms with Gasteiger partial charge in [-0.3, -0.25) is 14.7 Å². The number of nitrogens with zero attached hydrogens (tertiary/aromatic N) is 2. The molecule has 1 aromatic rings. The number of hydrogen-bond donors (Lipinski definition) is 1. The molecular weight excluding hydrogens is 271 g/mol. The lowest BCUT2D eigenvalue weighted by Gasteiger charge is -2.40. The van der Waals surface area contributed by atoms with Crippen LogP contribution in [0.1, 0.15) is 57.2 Å². The van der Waals surface area contributed by atoms with Crippen LogP contribution >= 0.6 is 0 Å². The molecular formula is C16H23FN2O2. The number of halogens is 1. The summed E-state index contributed by atoms with van der Waals surface area (Å²) < 4.78 is 13.0. The molecule has 1 aliphatic rings. The minimum atomic E-state index is -0.742. The van der Waals surface area contributed by atoms with Crippen molar-refractivity contribution in [2.75, 3.05) is 6.54 Å². The van der Waals surface area contributed by atoms with Crippen molar-refractivity contribution in [2.24, 2.45) is 0 Å². The van der Waals surface area contributed by atoms with E-state index in [0.717, 1.165) is 37.9 Å². The van der Waals surface area contributed by atoms with Crippen LogP contribution < -0.4 is 0 Å². The summed E-state index contributed by atoms with van der Waals surface area (Å²) in [5.74, 6) is -1.07. The van der Waals surface area contributed by atoms with Gasteiger partial charge < -0.3 is 5.11 Å². The molecule has 0 radical (unpaired) electrons. The Morgan fingerprint density at radius 2 is 2.33 bits per heavy atom. The Labute approximate surface area is 125 Å². The molecule has 0 amide bonds. The van der Waals surface area contributed by atoms with Crippen LogP contribution in [0.3, 0.4) is 0 Å². The summed E-state index contributed by atoms with van der Waals surface area (Å²) in [6.07, 6.45) is 6.33. The lowest BCUT2D eigenvalue weighted by Crippen LogP contribution is -2.42. The van der Waals surface area contributed by atoms with E-state index in [1.165, 1.54) is 12.3 Å². The molecule has 1 N–H and O–H groups in total. The second-order valence-corrected chi connectivity index (χ2v) is 5.65. The van der Waals surface area contributed by atoms with Crippen LogP contribution in [-0.2, 0) is 4.79 Å². The number of pyridine rings is 1. The zero-order valence-electron chi connectivity index (χ0n) is 12.5. The van der Waals surface area contributed by atoms with Gasteiger partial charge in [-0.2, -0.15) is 0 Å². The minimum Gasteiger partial charge on any atom is -0.481 e. The van der Waals surface area contributed by atoms with Crippen molar-refractivity contribution in [1.29, 1.82) is 0 Å². The van der Waals surface area contributed by atoms with Crippen molar-refractivity contribution in [1.82, 2.24) is 9.88 Å². The molecule has 0 bridgehead atoms. The minimum absolute atomic E-state index is 0.143. The molecule has 116 valence electrons. The number of piperidine rings is 1. The first-order valence-electron chi connectivity index (χ1n) is 7.70. The van der Waals surface area contributed by atoms with E-state index < -0.39 is 5.97 Å². The largest absolute Gasteiger partial charge is 0.481 e. The predicted octanol–water partition coefficient (Wildman–Crippen LogP) is 3.39. The molecule has 4 nitrogen and oxygen atoms in total. The van der Waals surface area contributed by atoms with Crippen molar-refractivity contribution in [3.63, 3.8) is 0 Å². The summed E-state index contributed by atoms with van der Waals surface area (Å²) in [6, 6.07) is 3.62. The lowest BCUT2D eigenvalue weighted by atomic mass is 9.94. The van der Waals surface area contributed by atoms with Crippen molar-refractivity contribution < 1.29 is 14.3 Å². The molecule has 0 aromatic carbocycles. The van der Waals surface area contributed by atoms with Gasteiger partial charge in [0.25, 0.3) is 0 Å². The Kier molecular flexibility index (Phi) is 5.67. The highest BCUT2D eigenvalue weighted by atomic mass is 19.1. The van der Waals surface area contributed by atoms with Crippen LogP contribution in [0, 0.1) is 5.82 Å². The molecule has 5 heteroatoms. The topological polar surface area (TPSA) is 53.4 Å². The number of hydrogen-bond acceptors (Lipinski definition) is 3. The maximum atomic E-state index is 13.0. The fourth-order valence-corrected chi connectivity index (χ4v) is 3.23. The normalized spacial score (nSPS) is 21.1. The predicted molar refractivity (Wildman–Crippen MR) is 78.4 cm³/mol. The van der Waals surface area contributed by atoms with Gasteiger partial charge in [0, 0.05) is 12.5 Å². The van der Waals surface area contributed by atoms with Crippen molar-refractivity contribution in [3.8, 4) is 0 Å². The molecule has 0 aliphatic carbocycles. The highest BCUT2D eigenvalue weighted by Gasteiger charge is 2.29. The van der Waals surface area contributed by atoms with Crippen molar-refractivity contribution in [2.45, 2.75) is 57.5 Å². The number of aliphatic carboxylic acids is 1. The third-order valence-electron chi connectivity index (χ3n) is 4.24. The third-order valence-corrected chi connectivity index (χ3v) is 4.24. The molecule has 2 unspecified atom stereocenters. The van der Waals surface area contributed by atoms with Crippen LogP contribution in [0.2, 0.25) is 0 Å². The number of rotatable bonds is 6. The number of carbonyl (C=O) groups is 1. The number of carboxylic acids is 1. The summed E-state index contributed by atoms with van der Waals surface area (Å²) in [7, 11) is 0. The second-order valence-electron chi connectivity index (χ2n) is 5.65. The molecule has 0 saturated carbocycles. The van der Waals surface area contributed by atoms with Gasteiger partial charge in [0.2, 0.25) is 0 Å². The first-order chi connectivity index (χ1) is 10.1. The van der Waals surface area contributed by atoms with Gasteiger partial charge in [0.05, 0.1) is 17.9 Å². The smallest absolute Gasteiger partial charge is 0.303 e. The monoisotopic (exact) mass is 294 g/mol. The number of aromatic nitrogens is 1. The van der Waals surface area contributed by atoms with Crippen LogP contribution in [-0.4, -0.2) is 33.5 Å². The van der Waals surface area contributed by atoms with Gasteiger partial charge in [-0.05, 0) is 44.4 Å². The van der Waals surface area contributed by atoms with Crippen molar-refractivity contribution >= 4 is 5.97 Å². The molecule has 2 rings (SSSR count). The maximum Gasteiger partial charge on any atom is 0.303 e. The highest BCUT2D eigenvalue weighted by Crippen LogP contribution is 2.31. The van der Waals surface area contributed by atoms with Gasteiger partial charge in [0.1, 0.15) is 5.82 Å². The van der Waals surface area contributed by atoms with E-state index in [-0.39, 0.29) is 24.3 Å². The first kappa shape index (κ1) is 15.9. The second kappa shape index (κ2) is 7.50. The quantitative estimate of drug-likeness (QED) is 0.873. The van der Waals surface area contributed by atoms with Gasteiger partial charge in [-0.15, -0.1) is 0 Å². The fraction of sp³-hybridized carbons (Fsp3) is 0.625. The van der Waals surface area contributed by atoms with E-state index in [1.54, 1.807) is 6.07 Å². The molecule has 1 saturated heterocycles. The van der Waals surface area contributed by atoms with E-state index in [2.05, 4.69) is 16.8 Å². The summed E-state index contributed by atoms with van der Waals surface area (Å²) in [5.41, 5.74) is 0.876. The summed E-state index contributed by atoms with van der Waals surface area (Å²) in [5, 5.41) is 8.90. The van der Waals surface area contributed by atoms with Crippen LogP contribution in [0.25, 0.3) is 0 Å². The van der Waals surface area contributed by atoms with Crippen molar-refractivity contribution in [3.05, 3.63) is 29.8 Å². The average Bonchev–Trinajstić information content (AvgIpc) is 2.49. The number of likely N-dealkylation sites (tertiary alicyclic amines) is 1. The third kappa shape index (κ3) is 4.24. The zero-order valence-corrected chi connectivity index (χ0v) is 12.5. The summed E-state index contributed by atoms with van der Waals surface area (Å²) >= 11 is 0. The van der Waals surface area contributed by atoms with Crippen LogP contribution in [0.15, 0.2) is 18.3 Å². The zero-order chi connectivity index (χ0) is 15.2. The van der Waals surface area contributed by atoms with E-state index in [9.17, 15) is 9.18 Å². The molecule has 1 aliphatic heterocycles. The Balaban J connectivity index is 2.12. The van der Waals surface area contributed by atoms with E-state index >= 15 is 0 Å². The van der Waals surface area contributed by atoms with E-state index in [1.807, 2.05) is 0 Å². The number of carboxylic acid groups (broad SMARTS) is 1. The molecule has 0 spiro atoms. The van der Waals surface area contributed by atoms with E-state index in [4.69, 9.17) is 5.11 Å². The molecule has 1 aromatic heterocycles. The lowest BCUT2D eigenvalue weighted by molar-refractivity contribution is -0.137. The Hall–Kier alpha value is -1.49. The van der Waals surface area contributed by atoms with Gasteiger partial charge in [0.15, 0.2) is 0 Å². The molecule has 1 fully saturated rings. The van der Waals surface area contributed by atoms with Gasteiger partial charge in [-0.1, -0.05) is 13.3 Å². The molecule has 21 heavy (non-hydrogen) atoms. The summed E-state index contributed by atoms with van der Waals surface area (Å²) in [4.78, 5) is 17.4. The van der Waals surface area contributed by atoms with E-state index in [0.29, 0.717) is 6.42 Å². The Morgan fingerprint density at radius 1 is 1.52 bits per heavy atom.